The number of rotatable bonds is 4. The monoisotopic (exact) mass is 309 g/mol. The van der Waals surface area contributed by atoms with E-state index in [2.05, 4.69) is 20.4 Å². The predicted octanol–water partition coefficient (Wildman–Crippen LogP) is 1.90. The highest BCUT2D eigenvalue weighted by Crippen LogP contribution is 2.20. The first-order chi connectivity index (χ1) is 11.1. The third-order valence-corrected chi connectivity index (χ3v) is 3.51. The molecule has 1 amide bonds. The highest BCUT2D eigenvalue weighted by atomic mass is 16.2. The maximum absolute atomic E-state index is 12.5. The molecule has 0 aliphatic rings. The Labute approximate surface area is 132 Å². The van der Waals surface area contributed by atoms with Crippen LogP contribution >= 0.6 is 0 Å². The van der Waals surface area contributed by atoms with Gasteiger partial charge in [0, 0.05) is 5.69 Å². The quantitative estimate of drug-likeness (QED) is 0.743. The summed E-state index contributed by atoms with van der Waals surface area (Å²) in [5, 5.41) is 7.61. The van der Waals surface area contributed by atoms with Gasteiger partial charge in [0.1, 0.15) is 6.33 Å². The van der Waals surface area contributed by atoms with E-state index in [-0.39, 0.29) is 5.78 Å². The van der Waals surface area contributed by atoms with Crippen LogP contribution in [-0.4, -0.2) is 31.4 Å². The van der Waals surface area contributed by atoms with Crippen LogP contribution in [0.2, 0.25) is 0 Å². The number of aryl methyl sites for hydroxylation is 1. The van der Waals surface area contributed by atoms with Gasteiger partial charge in [-0.3, -0.25) is 9.59 Å². The molecule has 7 heteroatoms. The van der Waals surface area contributed by atoms with Gasteiger partial charge in [0.2, 0.25) is 0 Å². The zero-order valence-electron chi connectivity index (χ0n) is 12.7. The highest BCUT2D eigenvalue weighted by molar-refractivity contribution is 6.08. The number of para-hydroxylation sites is 1. The van der Waals surface area contributed by atoms with Crippen molar-refractivity contribution in [3.63, 3.8) is 0 Å². The number of anilines is 1. The minimum Gasteiger partial charge on any atom is -0.324 e. The third kappa shape index (κ3) is 2.80. The Kier molecular flexibility index (Phi) is 3.84. The van der Waals surface area contributed by atoms with Crippen LogP contribution in [0.3, 0.4) is 0 Å². The number of carbonyl (C=O) groups excluding carboxylic acids is 2. The molecule has 0 fully saturated rings. The molecule has 2 aromatic heterocycles. The SMILES string of the molecule is CC(=O)C(C(=O)Nc1ccccc1)n1ncc2c(C)ncnc21. The second-order valence-electron chi connectivity index (χ2n) is 5.15. The van der Waals surface area contributed by atoms with Crippen molar-refractivity contribution >= 4 is 28.4 Å². The standard InChI is InChI=1S/C16H15N5O2/c1-10-13-8-19-21(15(13)18-9-17-10)14(11(2)22)16(23)20-12-6-4-3-5-7-12/h3-9,14H,1-2H3,(H,20,23). The lowest BCUT2D eigenvalue weighted by Gasteiger charge is -2.15. The number of nitrogens with one attached hydrogen (secondary N) is 1. The van der Waals surface area contributed by atoms with Crippen molar-refractivity contribution in [2.24, 2.45) is 0 Å². The van der Waals surface area contributed by atoms with Crippen molar-refractivity contribution in [3.05, 3.63) is 48.5 Å². The van der Waals surface area contributed by atoms with E-state index in [1.165, 1.54) is 17.9 Å². The molecule has 3 aromatic rings. The van der Waals surface area contributed by atoms with Gasteiger partial charge < -0.3 is 5.32 Å². The fourth-order valence-corrected chi connectivity index (χ4v) is 2.37. The average Bonchev–Trinajstić information content (AvgIpc) is 2.93. The Morgan fingerprint density at radius 1 is 1.17 bits per heavy atom. The van der Waals surface area contributed by atoms with Gasteiger partial charge in [-0.25, -0.2) is 14.6 Å². The van der Waals surface area contributed by atoms with Gasteiger partial charge in [-0.2, -0.15) is 5.10 Å². The molecule has 1 aromatic carbocycles. The van der Waals surface area contributed by atoms with Gasteiger partial charge in [-0.15, -0.1) is 0 Å². The van der Waals surface area contributed by atoms with Gasteiger partial charge in [0.05, 0.1) is 17.3 Å². The van der Waals surface area contributed by atoms with Gasteiger partial charge in [-0.1, -0.05) is 18.2 Å². The Morgan fingerprint density at radius 3 is 2.61 bits per heavy atom. The van der Waals surface area contributed by atoms with E-state index < -0.39 is 11.9 Å². The fourth-order valence-electron chi connectivity index (χ4n) is 2.37. The highest BCUT2D eigenvalue weighted by Gasteiger charge is 2.28. The Balaban J connectivity index is 1.99. The minimum atomic E-state index is -1.08. The van der Waals surface area contributed by atoms with Crippen molar-refractivity contribution in [2.75, 3.05) is 5.32 Å². The summed E-state index contributed by atoms with van der Waals surface area (Å²) in [4.78, 5) is 32.8. The summed E-state index contributed by atoms with van der Waals surface area (Å²) in [7, 11) is 0. The maximum Gasteiger partial charge on any atom is 0.257 e. The molecular formula is C16H15N5O2. The molecule has 3 rings (SSSR count). The molecule has 0 aliphatic heterocycles. The Hall–Kier alpha value is -3.09. The summed E-state index contributed by atoms with van der Waals surface area (Å²) in [6.45, 7) is 3.18. The van der Waals surface area contributed by atoms with E-state index in [9.17, 15) is 9.59 Å². The second-order valence-corrected chi connectivity index (χ2v) is 5.15. The van der Waals surface area contributed by atoms with Crippen molar-refractivity contribution in [1.29, 1.82) is 0 Å². The molecule has 0 aliphatic carbocycles. The lowest BCUT2D eigenvalue weighted by Crippen LogP contribution is -2.32. The van der Waals surface area contributed by atoms with Crippen LogP contribution in [-0.2, 0) is 9.59 Å². The van der Waals surface area contributed by atoms with Crippen LogP contribution in [0.5, 0.6) is 0 Å². The van der Waals surface area contributed by atoms with E-state index in [4.69, 9.17) is 0 Å². The predicted molar refractivity (Wildman–Crippen MR) is 84.8 cm³/mol. The lowest BCUT2D eigenvalue weighted by molar-refractivity contribution is -0.129. The first kappa shape index (κ1) is 14.8. The van der Waals surface area contributed by atoms with Crippen LogP contribution < -0.4 is 5.32 Å². The van der Waals surface area contributed by atoms with Crippen molar-refractivity contribution in [2.45, 2.75) is 19.9 Å². The van der Waals surface area contributed by atoms with Gasteiger partial charge >= 0.3 is 0 Å². The second kappa shape index (κ2) is 5.96. The third-order valence-electron chi connectivity index (χ3n) is 3.51. The molecule has 116 valence electrons. The summed E-state index contributed by atoms with van der Waals surface area (Å²) < 4.78 is 1.34. The first-order valence-corrected chi connectivity index (χ1v) is 7.09. The summed E-state index contributed by atoms with van der Waals surface area (Å²) >= 11 is 0. The molecule has 1 atom stereocenters. The number of amides is 1. The van der Waals surface area contributed by atoms with Crippen molar-refractivity contribution < 1.29 is 9.59 Å². The van der Waals surface area contributed by atoms with Crippen LogP contribution in [0.15, 0.2) is 42.9 Å². The Bertz CT molecular complexity index is 873. The van der Waals surface area contributed by atoms with Crippen molar-refractivity contribution in [1.82, 2.24) is 19.7 Å². The smallest absolute Gasteiger partial charge is 0.257 e. The first-order valence-electron chi connectivity index (χ1n) is 7.09. The molecule has 0 saturated carbocycles. The average molecular weight is 309 g/mol. The topological polar surface area (TPSA) is 89.8 Å². The zero-order chi connectivity index (χ0) is 16.4. The van der Waals surface area contributed by atoms with E-state index >= 15 is 0 Å². The molecule has 7 nitrogen and oxygen atoms in total. The van der Waals surface area contributed by atoms with Crippen LogP contribution in [0, 0.1) is 6.92 Å². The molecule has 0 spiro atoms. The number of aromatic nitrogens is 4. The number of benzene rings is 1. The molecular weight excluding hydrogens is 294 g/mol. The van der Waals surface area contributed by atoms with Crippen LogP contribution in [0.1, 0.15) is 18.7 Å². The van der Waals surface area contributed by atoms with Crippen LogP contribution in [0.4, 0.5) is 5.69 Å². The number of Topliss-reactive ketones (excluding diaryl/α,β-unsaturated/α-hetero) is 1. The largest absolute Gasteiger partial charge is 0.324 e. The summed E-state index contributed by atoms with van der Waals surface area (Å²) in [5.74, 6) is -0.773. The minimum absolute atomic E-state index is 0.320. The number of hydrogen-bond donors (Lipinski definition) is 1. The summed E-state index contributed by atoms with van der Waals surface area (Å²) in [6, 6.07) is 7.88. The number of fused-ring (bicyclic) bond motifs is 1. The Morgan fingerprint density at radius 2 is 1.91 bits per heavy atom. The molecule has 1 N–H and O–H groups in total. The van der Waals surface area contributed by atoms with E-state index in [1.54, 1.807) is 30.5 Å². The van der Waals surface area contributed by atoms with Gasteiger partial charge in [0.15, 0.2) is 17.5 Å². The number of hydrogen-bond acceptors (Lipinski definition) is 5. The van der Waals surface area contributed by atoms with Gasteiger partial charge in [-0.05, 0) is 26.0 Å². The maximum atomic E-state index is 12.5. The van der Waals surface area contributed by atoms with Crippen molar-refractivity contribution in [3.8, 4) is 0 Å². The lowest BCUT2D eigenvalue weighted by atomic mass is 10.2. The molecule has 1 unspecified atom stereocenters. The molecule has 2 heterocycles. The van der Waals surface area contributed by atoms with Gasteiger partial charge in [0.25, 0.3) is 5.91 Å². The number of nitrogens with zero attached hydrogens (tertiary/aromatic N) is 4. The molecule has 0 bridgehead atoms. The molecule has 23 heavy (non-hydrogen) atoms. The number of ketones is 1. The van der Waals surface area contributed by atoms with E-state index in [0.717, 1.165) is 5.69 Å². The molecule has 0 radical (unpaired) electrons. The summed E-state index contributed by atoms with van der Waals surface area (Å²) in [6.07, 6.45) is 2.96. The molecule has 0 saturated heterocycles. The summed E-state index contributed by atoms with van der Waals surface area (Å²) in [5.41, 5.74) is 1.82. The van der Waals surface area contributed by atoms with Crippen LogP contribution in [0.25, 0.3) is 11.0 Å². The van der Waals surface area contributed by atoms with E-state index in [1.807, 2.05) is 13.0 Å². The fraction of sp³-hybridized carbons (Fsp3) is 0.188. The number of carbonyl (C=O) groups is 2. The van der Waals surface area contributed by atoms with E-state index in [0.29, 0.717) is 16.7 Å². The zero-order valence-corrected chi connectivity index (χ0v) is 12.7. The normalized spacial score (nSPS) is 12.1.